The Kier molecular flexibility index (Phi) is 4.50. The standard InChI is InChI=1S/C16H21N7OS/c1-11-9-25-16(19-11)21-12-3-5-22(6-4-12)14-7-13(8-24-2)20-15-17-10-18-23(14)15/h7,9-10,12H,3-6,8H2,1-2H3,(H,19,21). The van der Waals surface area contributed by atoms with Gasteiger partial charge in [-0.15, -0.1) is 11.3 Å². The summed E-state index contributed by atoms with van der Waals surface area (Å²) in [5, 5.41) is 11.0. The number of methoxy groups -OCH3 is 1. The lowest BCUT2D eigenvalue weighted by atomic mass is 10.1. The van der Waals surface area contributed by atoms with Crippen molar-refractivity contribution in [2.24, 2.45) is 0 Å². The molecule has 132 valence electrons. The van der Waals surface area contributed by atoms with Crippen molar-refractivity contribution in [3.8, 4) is 0 Å². The van der Waals surface area contributed by atoms with Crippen LogP contribution in [0.2, 0.25) is 0 Å². The molecule has 9 heteroatoms. The average Bonchev–Trinajstić information content (AvgIpc) is 3.24. The lowest BCUT2D eigenvalue weighted by Gasteiger charge is -2.33. The zero-order valence-electron chi connectivity index (χ0n) is 14.3. The Labute approximate surface area is 149 Å². The number of nitrogens with zero attached hydrogens (tertiary/aromatic N) is 6. The molecule has 4 heterocycles. The van der Waals surface area contributed by atoms with Crippen molar-refractivity contribution in [1.29, 1.82) is 0 Å². The van der Waals surface area contributed by atoms with Gasteiger partial charge in [0.1, 0.15) is 12.1 Å². The molecular weight excluding hydrogens is 338 g/mol. The van der Waals surface area contributed by atoms with Gasteiger partial charge >= 0.3 is 0 Å². The van der Waals surface area contributed by atoms with Crippen molar-refractivity contribution in [2.45, 2.75) is 32.4 Å². The molecule has 0 amide bonds. The summed E-state index contributed by atoms with van der Waals surface area (Å²) in [5.74, 6) is 1.64. The SMILES string of the molecule is COCc1cc(N2CCC(Nc3nc(C)cs3)CC2)n2ncnc2n1. The molecular formula is C16H21N7OS. The summed E-state index contributed by atoms with van der Waals surface area (Å²) < 4.78 is 7.03. The van der Waals surface area contributed by atoms with Crippen LogP contribution in [0.25, 0.3) is 5.78 Å². The Balaban J connectivity index is 1.48. The zero-order valence-corrected chi connectivity index (χ0v) is 15.2. The second-order valence-electron chi connectivity index (χ2n) is 6.21. The largest absolute Gasteiger partial charge is 0.378 e. The number of ether oxygens (including phenoxy) is 1. The van der Waals surface area contributed by atoms with Gasteiger partial charge in [0, 0.05) is 37.7 Å². The first kappa shape index (κ1) is 16.2. The van der Waals surface area contributed by atoms with Gasteiger partial charge in [-0.1, -0.05) is 0 Å². The number of piperidine rings is 1. The van der Waals surface area contributed by atoms with Gasteiger partial charge in [-0.05, 0) is 19.8 Å². The van der Waals surface area contributed by atoms with Crippen molar-refractivity contribution in [2.75, 3.05) is 30.4 Å². The molecule has 0 bridgehead atoms. The highest BCUT2D eigenvalue weighted by molar-refractivity contribution is 7.13. The van der Waals surface area contributed by atoms with Crippen molar-refractivity contribution in [3.63, 3.8) is 0 Å². The Morgan fingerprint density at radius 1 is 1.32 bits per heavy atom. The second kappa shape index (κ2) is 6.93. The molecule has 1 N–H and O–H groups in total. The molecule has 3 aromatic heterocycles. The van der Waals surface area contributed by atoms with Crippen molar-refractivity contribution in [1.82, 2.24) is 24.6 Å². The molecule has 0 aliphatic carbocycles. The Morgan fingerprint density at radius 3 is 2.88 bits per heavy atom. The molecule has 0 saturated carbocycles. The molecule has 0 radical (unpaired) electrons. The summed E-state index contributed by atoms with van der Waals surface area (Å²) in [6, 6.07) is 2.50. The first-order valence-corrected chi connectivity index (χ1v) is 9.23. The zero-order chi connectivity index (χ0) is 17.2. The van der Waals surface area contributed by atoms with Crippen LogP contribution in [0.1, 0.15) is 24.2 Å². The van der Waals surface area contributed by atoms with Gasteiger partial charge in [-0.25, -0.2) is 9.97 Å². The van der Waals surface area contributed by atoms with E-state index < -0.39 is 0 Å². The van der Waals surface area contributed by atoms with E-state index in [0.29, 0.717) is 18.4 Å². The van der Waals surface area contributed by atoms with Gasteiger partial charge in [0.25, 0.3) is 5.78 Å². The highest BCUT2D eigenvalue weighted by Crippen LogP contribution is 2.24. The number of rotatable bonds is 5. The number of hydrogen-bond donors (Lipinski definition) is 1. The van der Waals surface area contributed by atoms with Crippen LogP contribution >= 0.6 is 11.3 Å². The maximum atomic E-state index is 5.23. The quantitative estimate of drug-likeness (QED) is 0.747. The van der Waals surface area contributed by atoms with Crippen LogP contribution in [0.15, 0.2) is 17.8 Å². The Hall–Kier alpha value is -2.26. The predicted octanol–water partition coefficient (Wildman–Crippen LogP) is 2.12. The minimum atomic E-state index is 0.452. The average molecular weight is 359 g/mol. The van der Waals surface area contributed by atoms with Gasteiger partial charge in [0.2, 0.25) is 0 Å². The third-order valence-corrected chi connectivity index (χ3v) is 5.24. The highest BCUT2D eigenvalue weighted by atomic mass is 32.1. The molecule has 25 heavy (non-hydrogen) atoms. The first-order valence-electron chi connectivity index (χ1n) is 8.35. The highest BCUT2D eigenvalue weighted by Gasteiger charge is 2.22. The number of thiazole rings is 1. The lowest BCUT2D eigenvalue weighted by Crippen LogP contribution is -2.40. The lowest BCUT2D eigenvalue weighted by molar-refractivity contribution is 0.181. The molecule has 0 unspecified atom stereocenters. The molecule has 3 aromatic rings. The normalized spacial score (nSPS) is 15.8. The van der Waals surface area contributed by atoms with E-state index in [-0.39, 0.29) is 0 Å². The number of nitrogens with one attached hydrogen (secondary N) is 1. The number of aromatic nitrogens is 5. The van der Waals surface area contributed by atoms with Crippen LogP contribution in [0.3, 0.4) is 0 Å². The summed E-state index contributed by atoms with van der Waals surface area (Å²) in [6.45, 7) is 4.40. The van der Waals surface area contributed by atoms with Gasteiger partial charge in [-0.3, -0.25) is 0 Å². The van der Waals surface area contributed by atoms with Crippen LogP contribution in [0, 0.1) is 6.92 Å². The van der Waals surface area contributed by atoms with E-state index in [4.69, 9.17) is 4.74 Å². The third-order valence-electron chi connectivity index (χ3n) is 4.34. The van der Waals surface area contributed by atoms with Crippen molar-refractivity contribution in [3.05, 3.63) is 29.2 Å². The van der Waals surface area contributed by atoms with Crippen LogP contribution in [0.5, 0.6) is 0 Å². The van der Waals surface area contributed by atoms with E-state index in [2.05, 4.69) is 35.6 Å². The molecule has 0 atom stereocenters. The number of anilines is 2. The van der Waals surface area contributed by atoms with E-state index >= 15 is 0 Å². The molecule has 4 rings (SSSR count). The van der Waals surface area contributed by atoms with Crippen molar-refractivity contribution >= 4 is 28.1 Å². The first-order chi connectivity index (χ1) is 12.2. The molecule has 1 saturated heterocycles. The topological polar surface area (TPSA) is 80.5 Å². The third kappa shape index (κ3) is 3.42. The van der Waals surface area contributed by atoms with Crippen LogP contribution in [-0.4, -0.2) is 50.8 Å². The smallest absolute Gasteiger partial charge is 0.254 e. The van der Waals surface area contributed by atoms with Crippen LogP contribution in [-0.2, 0) is 11.3 Å². The Bertz CT molecular complexity index is 853. The monoisotopic (exact) mass is 359 g/mol. The molecule has 0 aromatic carbocycles. The maximum Gasteiger partial charge on any atom is 0.254 e. The van der Waals surface area contributed by atoms with E-state index in [1.54, 1.807) is 29.3 Å². The fourth-order valence-corrected chi connectivity index (χ4v) is 3.91. The summed E-state index contributed by atoms with van der Waals surface area (Å²) >= 11 is 1.67. The predicted molar refractivity (Wildman–Crippen MR) is 97.2 cm³/mol. The summed E-state index contributed by atoms with van der Waals surface area (Å²) in [5.41, 5.74) is 1.94. The van der Waals surface area contributed by atoms with Crippen molar-refractivity contribution < 1.29 is 4.74 Å². The van der Waals surface area contributed by atoms with Gasteiger partial charge in [0.05, 0.1) is 18.0 Å². The maximum absolute atomic E-state index is 5.23. The summed E-state index contributed by atoms with van der Waals surface area (Å²) in [6.07, 6.45) is 3.65. The van der Waals surface area contributed by atoms with E-state index in [0.717, 1.165) is 48.3 Å². The summed E-state index contributed by atoms with van der Waals surface area (Å²) in [7, 11) is 1.67. The minimum Gasteiger partial charge on any atom is -0.378 e. The summed E-state index contributed by atoms with van der Waals surface area (Å²) in [4.78, 5) is 15.5. The minimum absolute atomic E-state index is 0.452. The van der Waals surface area contributed by atoms with Crippen LogP contribution < -0.4 is 10.2 Å². The molecule has 1 fully saturated rings. The van der Waals surface area contributed by atoms with E-state index in [1.807, 2.05) is 13.0 Å². The van der Waals surface area contributed by atoms with Gasteiger partial charge in [-0.2, -0.15) is 14.6 Å². The number of aryl methyl sites for hydroxylation is 1. The molecule has 1 aliphatic heterocycles. The van der Waals surface area contributed by atoms with E-state index in [9.17, 15) is 0 Å². The molecule has 1 aliphatic rings. The fraction of sp³-hybridized carbons (Fsp3) is 0.500. The van der Waals surface area contributed by atoms with E-state index in [1.165, 1.54) is 0 Å². The number of fused-ring (bicyclic) bond motifs is 1. The molecule has 0 spiro atoms. The van der Waals surface area contributed by atoms with Gasteiger partial charge in [0.15, 0.2) is 5.13 Å². The van der Waals surface area contributed by atoms with Crippen LogP contribution in [0.4, 0.5) is 10.9 Å². The number of hydrogen-bond acceptors (Lipinski definition) is 8. The fourth-order valence-electron chi connectivity index (χ4n) is 3.14. The second-order valence-corrected chi connectivity index (χ2v) is 7.07. The van der Waals surface area contributed by atoms with Gasteiger partial charge < -0.3 is 15.0 Å². The molecule has 8 nitrogen and oxygen atoms in total. The Morgan fingerprint density at radius 2 is 2.16 bits per heavy atom.